The third-order valence-electron chi connectivity index (χ3n) is 6.44. The number of aliphatic carboxylic acids is 1. The fourth-order valence-electron chi connectivity index (χ4n) is 4.08. The van der Waals surface area contributed by atoms with Gasteiger partial charge < -0.3 is 10.4 Å². The molecule has 0 bridgehead atoms. The molecule has 0 aliphatic heterocycles. The molecule has 2 unspecified atom stereocenters. The van der Waals surface area contributed by atoms with E-state index in [0.29, 0.717) is 10.6 Å². The maximum Gasteiger partial charge on any atom is 0.392 e. The van der Waals surface area contributed by atoms with Gasteiger partial charge in [-0.05, 0) is 59.6 Å². The summed E-state index contributed by atoms with van der Waals surface area (Å²) in [6.07, 6.45) is -2.96. The first-order chi connectivity index (χ1) is 15.3. The molecule has 2 aromatic rings. The summed E-state index contributed by atoms with van der Waals surface area (Å²) in [6, 6.07) is 10.4. The molecule has 0 radical (unpaired) electrons. The Hall–Kier alpha value is -2.25. The summed E-state index contributed by atoms with van der Waals surface area (Å²) < 4.78 is 40.8. The van der Waals surface area contributed by atoms with Gasteiger partial charge in [0.2, 0.25) is 5.91 Å². The summed E-state index contributed by atoms with van der Waals surface area (Å²) >= 11 is 12.1. The van der Waals surface area contributed by atoms with E-state index in [-0.39, 0.29) is 34.0 Å². The molecule has 3 rings (SSSR count). The Labute approximate surface area is 200 Å². The molecular formula is C24H24Cl2F3NO3. The number of nitrogens with one attached hydrogen (secondary N) is 1. The van der Waals surface area contributed by atoms with Gasteiger partial charge in [-0.2, -0.15) is 13.2 Å². The van der Waals surface area contributed by atoms with Crippen LogP contribution in [0, 0.1) is 11.3 Å². The fraction of sp³-hybridized carbons (Fsp3) is 0.417. The van der Waals surface area contributed by atoms with Crippen LogP contribution in [-0.4, -0.2) is 23.2 Å². The SMILES string of the molecule is C[C@H](C(C(=O)Nc1cc(C(CC(=O)O)C2(C)CC2)ccc1Cl)c1ccc(Cl)cc1)C(F)(F)F. The average Bonchev–Trinajstić information content (AvgIpc) is 3.47. The monoisotopic (exact) mass is 501 g/mol. The van der Waals surface area contributed by atoms with Crippen LogP contribution in [-0.2, 0) is 9.59 Å². The van der Waals surface area contributed by atoms with Gasteiger partial charge in [-0.25, -0.2) is 0 Å². The highest BCUT2D eigenvalue weighted by atomic mass is 35.5. The van der Waals surface area contributed by atoms with Crippen LogP contribution in [0.1, 0.15) is 56.1 Å². The van der Waals surface area contributed by atoms with Crippen molar-refractivity contribution < 1.29 is 27.9 Å². The molecule has 2 aromatic carbocycles. The lowest BCUT2D eigenvalue weighted by atomic mass is 9.82. The second-order valence-electron chi connectivity index (χ2n) is 8.89. The maximum atomic E-state index is 13.6. The largest absolute Gasteiger partial charge is 0.481 e. The van der Waals surface area contributed by atoms with Crippen LogP contribution >= 0.6 is 23.2 Å². The molecule has 0 saturated heterocycles. The van der Waals surface area contributed by atoms with E-state index in [4.69, 9.17) is 23.2 Å². The van der Waals surface area contributed by atoms with E-state index in [1.807, 2.05) is 6.92 Å². The van der Waals surface area contributed by atoms with Crippen molar-refractivity contribution in [2.24, 2.45) is 11.3 Å². The molecule has 1 fully saturated rings. The number of halogens is 5. The number of amides is 1. The van der Waals surface area contributed by atoms with Crippen molar-refractivity contribution >= 4 is 40.8 Å². The Morgan fingerprint density at radius 2 is 1.67 bits per heavy atom. The summed E-state index contributed by atoms with van der Waals surface area (Å²) in [6.45, 7) is 2.95. The number of benzene rings is 2. The lowest BCUT2D eigenvalue weighted by molar-refractivity contribution is -0.178. The Balaban J connectivity index is 1.94. The molecule has 1 aliphatic rings. The second kappa shape index (κ2) is 9.55. The first-order valence-corrected chi connectivity index (χ1v) is 11.2. The zero-order chi connectivity index (χ0) is 24.6. The third-order valence-corrected chi connectivity index (χ3v) is 7.02. The number of carboxylic acids is 1. The molecule has 0 aromatic heterocycles. The molecular weight excluding hydrogens is 478 g/mol. The minimum atomic E-state index is -4.61. The van der Waals surface area contributed by atoms with E-state index < -0.39 is 29.9 Å². The molecule has 1 aliphatic carbocycles. The van der Waals surface area contributed by atoms with E-state index in [9.17, 15) is 27.9 Å². The van der Waals surface area contributed by atoms with Gasteiger partial charge in [-0.1, -0.05) is 55.2 Å². The van der Waals surface area contributed by atoms with Gasteiger partial charge in [0, 0.05) is 5.02 Å². The van der Waals surface area contributed by atoms with Crippen LogP contribution in [0.15, 0.2) is 42.5 Å². The maximum absolute atomic E-state index is 13.6. The number of alkyl halides is 3. The molecule has 178 valence electrons. The Morgan fingerprint density at radius 3 is 2.18 bits per heavy atom. The molecule has 1 amide bonds. The Morgan fingerprint density at radius 1 is 1.09 bits per heavy atom. The van der Waals surface area contributed by atoms with E-state index >= 15 is 0 Å². The van der Waals surface area contributed by atoms with Gasteiger partial charge in [0.25, 0.3) is 0 Å². The Kier molecular flexibility index (Phi) is 7.34. The van der Waals surface area contributed by atoms with Crippen LogP contribution in [0.5, 0.6) is 0 Å². The van der Waals surface area contributed by atoms with Crippen LogP contribution in [0.3, 0.4) is 0 Å². The van der Waals surface area contributed by atoms with E-state index in [1.165, 1.54) is 30.3 Å². The summed E-state index contributed by atoms with van der Waals surface area (Å²) in [5, 5.41) is 12.4. The van der Waals surface area contributed by atoms with E-state index in [1.54, 1.807) is 12.1 Å². The quantitative estimate of drug-likeness (QED) is 0.399. The van der Waals surface area contributed by atoms with Crippen LogP contribution < -0.4 is 5.32 Å². The smallest absolute Gasteiger partial charge is 0.392 e. The van der Waals surface area contributed by atoms with Gasteiger partial charge in [-0.15, -0.1) is 0 Å². The molecule has 9 heteroatoms. The number of hydrogen-bond donors (Lipinski definition) is 2. The zero-order valence-corrected chi connectivity index (χ0v) is 19.6. The van der Waals surface area contributed by atoms with Crippen molar-refractivity contribution in [3.63, 3.8) is 0 Å². The van der Waals surface area contributed by atoms with Gasteiger partial charge in [0.15, 0.2) is 0 Å². The number of carbonyl (C=O) groups excluding carboxylic acids is 1. The normalized spacial score (nSPS) is 17.7. The molecule has 33 heavy (non-hydrogen) atoms. The number of carbonyl (C=O) groups is 2. The molecule has 0 spiro atoms. The van der Waals surface area contributed by atoms with Crippen LogP contribution in [0.25, 0.3) is 0 Å². The van der Waals surface area contributed by atoms with Crippen molar-refractivity contribution in [2.45, 2.75) is 51.1 Å². The van der Waals surface area contributed by atoms with Gasteiger partial charge in [-0.3, -0.25) is 9.59 Å². The van der Waals surface area contributed by atoms with E-state index in [0.717, 1.165) is 19.8 Å². The highest BCUT2D eigenvalue weighted by Gasteiger charge is 2.47. The van der Waals surface area contributed by atoms with Crippen molar-refractivity contribution in [1.82, 2.24) is 0 Å². The summed E-state index contributed by atoms with van der Waals surface area (Å²) in [5.41, 5.74) is 0.809. The summed E-state index contributed by atoms with van der Waals surface area (Å²) in [5.74, 6) is -5.61. The van der Waals surface area contributed by atoms with Gasteiger partial charge in [0.05, 0.1) is 29.0 Å². The lowest BCUT2D eigenvalue weighted by Gasteiger charge is -2.27. The predicted molar refractivity (Wildman–Crippen MR) is 122 cm³/mol. The van der Waals surface area contributed by atoms with Crippen molar-refractivity contribution in [1.29, 1.82) is 0 Å². The summed E-state index contributed by atoms with van der Waals surface area (Å²) in [4.78, 5) is 24.5. The minimum Gasteiger partial charge on any atom is -0.481 e. The molecule has 2 N–H and O–H groups in total. The second-order valence-corrected chi connectivity index (χ2v) is 9.74. The summed E-state index contributed by atoms with van der Waals surface area (Å²) in [7, 11) is 0. The van der Waals surface area contributed by atoms with Crippen molar-refractivity contribution in [2.75, 3.05) is 5.32 Å². The van der Waals surface area contributed by atoms with Crippen molar-refractivity contribution in [3.05, 3.63) is 63.6 Å². The molecule has 0 heterocycles. The lowest BCUT2D eigenvalue weighted by Crippen LogP contribution is -2.34. The predicted octanol–water partition coefficient (Wildman–Crippen LogP) is 7.27. The zero-order valence-electron chi connectivity index (χ0n) is 18.0. The topological polar surface area (TPSA) is 66.4 Å². The Bertz CT molecular complexity index is 1040. The average molecular weight is 502 g/mol. The standard InChI is InChI=1S/C24H24Cl2F3NO3/c1-13(24(27,28)29)21(14-3-6-16(25)7-4-14)22(33)30-19-11-15(5-8-18(19)26)17(12-20(31)32)23(2)9-10-23/h3-8,11,13,17,21H,9-10,12H2,1-2H3,(H,30,33)(H,31,32)/t13-,17?,21?/m1/s1. The number of rotatable bonds is 8. The van der Waals surface area contributed by atoms with Gasteiger partial charge >= 0.3 is 12.1 Å². The van der Waals surface area contributed by atoms with Crippen molar-refractivity contribution in [3.8, 4) is 0 Å². The highest BCUT2D eigenvalue weighted by Crippen LogP contribution is 2.57. The number of hydrogen-bond acceptors (Lipinski definition) is 2. The number of carboxylic acid groups (broad SMARTS) is 1. The molecule has 3 atom stereocenters. The minimum absolute atomic E-state index is 0.0932. The number of anilines is 1. The third kappa shape index (κ3) is 6.01. The first kappa shape index (κ1) is 25.4. The molecule has 1 saturated carbocycles. The highest BCUT2D eigenvalue weighted by molar-refractivity contribution is 6.33. The van der Waals surface area contributed by atoms with Gasteiger partial charge in [0.1, 0.15) is 0 Å². The van der Waals surface area contributed by atoms with Crippen LogP contribution in [0.4, 0.5) is 18.9 Å². The fourth-order valence-corrected chi connectivity index (χ4v) is 4.37. The first-order valence-electron chi connectivity index (χ1n) is 10.5. The van der Waals surface area contributed by atoms with Crippen LogP contribution in [0.2, 0.25) is 10.0 Å². The molecule has 4 nitrogen and oxygen atoms in total. The van der Waals surface area contributed by atoms with E-state index in [2.05, 4.69) is 5.32 Å².